The molecular weight excluding hydrogens is 187 g/mol. The molecule has 0 atom stereocenters. The third-order valence-electron chi connectivity index (χ3n) is 1.55. The number of nitrogens with zero attached hydrogens (tertiary/aromatic N) is 2. The van der Waals surface area contributed by atoms with Crippen LogP contribution in [0.3, 0.4) is 0 Å². The highest BCUT2D eigenvalue weighted by Gasteiger charge is 2.09. The third kappa shape index (κ3) is 2.45. The van der Waals surface area contributed by atoms with Gasteiger partial charge in [0.1, 0.15) is 12.4 Å². The molecule has 0 saturated carbocycles. The van der Waals surface area contributed by atoms with Gasteiger partial charge in [-0.1, -0.05) is 0 Å². The van der Waals surface area contributed by atoms with Crippen LogP contribution in [0.5, 0.6) is 0 Å². The van der Waals surface area contributed by atoms with E-state index in [1.165, 1.54) is 24.3 Å². The van der Waals surface area contributed by atoms with E-state index in [4.69, 9.17) is 10.4 Å². The van der Waals surface area contributed by atoms with E-state index < -0.39 is 18.3 Å². The average molecular weight is 194 g/mol. The lowest BCUT2D eigenvalue weighted by Crippen LogP contribution is -2.24. The molecule has 14 heavy (non-hydrogen) atoms. The van der Waals surface area contributed by atoms with Crippen LogP contribution in [-0.2, 0) is 4.79 Å². The largest absolute Gasteiger partial charge is 0.480 e. The van der Waals surface area contributed by atoms with Gasteiger partial charge in [0.05, 0.1) is 5.69 Å². The monoisotopic (exact) mass is 194 g/mol. The van der Waals surface area contributed by atoms with E-state index in [-0.39, 0.29) is 0 Å². The molecule has 0 spiro atoms. The summed E-state index contributed by atoms with van der Waals surface area (Å²) in [7, 11) is 0. The number of anilines is 1. The standard InChI is InChI=1S/C9H7FN2O2/c10-7-1-3-8(4-2-7)12(6-11)5-9(13)14/h1-4H,5H2,(H,13,14). The second kappa shape index (κ2) is 4.23. The maximum Gasteiger partial charge on any atom is 0.324 e. The summed E-state index contributed by atoms with van der Waals surface area (Å²) >= 11 is 0. The summed E-state index contributed by atoms with van der Waals surface area (Å²) in [5, 5.41) is 17.1. The zero-order valence-electron chi connectivity index (χ0n) is 7.14. The number of benzene rings is 1. The van der Waals surface area contributed by atoms with Crippen LogP contribution in [0, 0.1) is 17.3 Å². The average Bonchev–Trinajstić information content (AvgIpc) is 2.15. The number of nitriles is 1. The molecule has 5 heteroatoms. The van der Waals surface area contributed by atoms with Crippen molar-refractivity contribution in [3.63, 3.8) is 0 Å². The molecule has 0 fully saturated rings. The molecule has 0 aliphatic carbocycles. The van der Waals surface area contributed by atoms with Crippen molar-refractivity contribution >= 4 is 11.7 Å². The van der Waals surface area contributed by atoms with Crippen LogP contribution >= 0.6 is 0 Å². The molecule has 0 bridgehead atoms. The normalized spacial score (nSPS) is 9.14. The fraction of sp³-hybridized carbons (Fsp3) is 0.111. The van der Waals surface area contributed by atoms with Gasteiger partial charge >= 0.3 is 5.97 Å². The Morgan fingerprint density at radius 3 is 2.50 bits per heavy atom. The fourth-order valence-electron chi connectivity index (χ4n) is 0.941. The smallest absolute Gasteiger partial charge is 0.324 e. The zero-order chi connectivity index (χ0) is 10.6. The first-order valence-corrected chi connectivity index (χ1v) is 3.78. The molecule has 0 aliphatic heterocycles. The molecule has 0 radical (unpaired) electrons. The molecular formula is C9H7FN2O2. The first-order chi connectivity index (χ1) is 6.63. The zero-order valence-corrected chi connectivity index (χ0v) is 7.14. The number of aliphatic carboxylic acids is 1. The van der Waals surface area contributed by atoms with Crippen LogP contribution in [0.2, 0.25) is 0 Å². The Bertz CT molecular complexity index is 369. The molecule has 0 heterocycles. The van der Waals surface area contributed by atoms with E-state index in [0.29, 0.717) is 5.69 Å². The summed E-state index contributed by atoms with van der Waals surface area (Å²) in [4.78, 5) is 11.3. The van der Waals surface area contributed by atoms with Gasteiger partial charge in [-0.05, 0) is 24.3 Å². The number of hydrogen-bond acceptors (Lipinski definition) is 3. The van der Waals surface area contributed by atoms with E-state index in [1.54, 1.807) is 6.19 Å². The number of carbonyl (C=O) groups is 1. The molecule has 0 aromatic heterocycles. The lowest BCUT2D eigenvalue weighted by molar-refractivity contribution is -0.135. The van der Waals surface area contributed by atoms with Crippen molar-refractivity contribution < 1.29 is 14.3 Å². The van der Waals surface area contributed by atoms with Gasteiger partial charge in [0.25, 0.3) is 0 Å². The highest BCUT2D eigenvalue weighted by molar-refractivity contribution is 5.74. The Kier molecular flexibility index (Phi) is 3.02. The van der Waals surface area contributed by atoms with E-state index in [0.717, 1.165) is 4.90 Å². The van der Waals surface area contributed by atoms with Crippen molar-refractivity contribution in [2.45, 2.75) is 0 Å². The topological polar surface area (TPSA) is 64.3 Å². The molecule has 72 valence electrons. The maximum absolute atomic E-state index is 12.5. The first kappa shape index (κ1) is 9.99. The minimum Gasteiger partial charge on any atom is -0.480 e. The van der Waals surface area contributed by atoms with Gasteiger partial charge in [0, 0.05) is 0 Å². The third-order valence-corrected chi connectivity index (χ3v) is 1.55. The van der Waals surface area contributed by atoms with Crippen molar-refractivity contribution in [2.24, 2.45) is 0 Å². The Labute approximate surface area is 79.8 Å². The number of carboxylic acid groups (broad SMARTS) is 1. The van der Waals surface area contributed by atoms with Crippen molar-refractivity contribution in [3.8, 4) is 6.19 Å². The molecule has 1 N–H and O–H groups in total. The fourth-order valence-corrected chi connectivity index (χ4v) is 0.941. The van der Waals surface area contributed by atoms with Gasteiger partial charge in [0.15, 0.2) is 6.19 Å². The second-order valence-corrected chi connectivity index (χ2v) is 2.56. The Morgan fingerprint density at radius 1 is 1.50 bits per heavy atom. The molecule has 0 unspecified atom stereocenters. The maximum atomic E-state index is 12.5. The SMILES string of the molecule is N#CN(CC(=O)O)c1ccc(F)cc1. The van der Waals surface area contributed by atoms with Crippen LogP contribution in [0.1, 0.15) is 0 Å². The van der Waals surface area contributed by atoms with Gasteiger partial charge in [0.2, 0.25) is 0 Å². The lowest BCUT2D eigenvalue weighted by Gasteiger charge is -2.12. The molecule has 0 saturated heterocycles. The van der Waals surface area contributed by atoms with E-state index in [2.05, 4.69) is 0 Å². The molecule has 1 rings (SSSR count). The van der Waals surface area contributed by atoms with Gasteiger partial charge in [-0.25, -0.2) is 4.39 Å². The summed E-state index contributed by atoms with van der Waals surface area (Å²) in [5.41, 5.74) is 0.358. The number of hydrogen-bond donors (Lipinski definition) is 1. The lowest BCUT2D eigenvalue weighted by atomic mass is 10.3. The summed E-state index contributed by atoms with van der Waals surface area (Å²) in [6.07, 6.45) is 1.70. The van der Waals surface area contributed by atoms with E-state index in [9.17, 15) is 9.18 Å². The molecule has 0 aliphatic rings. The quantitative estimate of drug-likeness (QED) is 0.580. The minimum absolute atomic E-state index is 0.358. The molecule has 1 aromatic rings. The van der Waals surface area contributed by atoms with Crippen molar-refractivity contribution in [2.75, 3.05) is 11.4 Å². The predicted molar refractivity (Wildman–Crippen MR) is 47.0 cm³/mol. The second-order valence-electron chi connectivity index (χ2n) is 2.56. The van der Waals surface area contributed by atoms with Crippen molar-refractivity contribution in [3.05, 3.63) is 30.1 Å². The molecule has 1 aromatic carbocycles. The van der Waals surface area contributed by atoms with Crippen molar-refractivity contribution in [1.29, 1.82) is 5.26 Å². The highest BCUT2D eigenvalue weighted by Crippen LogP contribution is 2.13. The summed E-state index contributed by atoms with van der Waals surface area (Å²) < 4.78 is 12.5. The molecule has 0 amide bonds. The minimum atomic E-state index is -1.11. The summed E-state index contributed by atoms with van der Waals surface area (Å²) in [6, 6.07) is 5.03. The van der Waals surface area contributed by atoms with Gasteiger partial charge in [-0.2, -0.15) is 5.26 Å². The van der Waals surface area contributed by atoms with Crippen LogP contribution in [0.15, 0.2) is 24.3 Å². The van der Waals surface area contributed by atoms with E-state index in [1.807, 2.05) is 0 Å². The van der Waals surface area contributed by atoms with Crippen LogP contribution < -0.4 is 4.90 Å². The number of carboxylic acids is 1. The van der Waals surface area contributed by atoms with Gasteiger partial charge in [-0.15, -0.1) is 0 Å². The van der Waals surface area contributed by atoms with Crippen molar-refractivity contribution in [1.82, 2.24) is 0 Å². The van der Waals surface area contributed by atoms with Crippen LogP contribution in [0.4, 0.5) is 10.1 Å². The van der Waals surface area contributed by atoms with Crippen LogP contribution in [0.25, 0.3) is 0 Å². The first-order valence-electron chi connectivity index (χ1n) is 3.78. The summed E-state index contributed by atoms with van der Waals surface area (Å²) in [5.74, 6) is -1.54. The molecule has 4 nitrogen and oxygen atoms in total. The predicted octanol–water partition coefficient (Wildman–Crippen LogP) is 1.20. The van der Waals surface area contributed by atoms with Crippen LogP contribution in [-0.4, -0.2) is 17.6 Å². The number of rotatable bonds is 3. The van der Waals surface area contributed by atoms with E-state index >= 15 is 0 Å². The van der Waals surface area contributed by atoms with Gasteiger partial charge in [-0.3, -0.25) is 9.69 Å². The Balaban J connectivity index is 2.85. The highest BCUT2D eigenvalue weighted by atomic mass is 19.1. The summed E-state index contributed by atoms with van der Waals surface area (Å²) in [6.45, 7) is -0.428. The van der Waals surface area contributed by atoms with Gasteiger partial charge < -0.3 is 5.11 Å². The number of halogens is 1. The Hall–Kier alpha value is -2.09. The Morgan fingerprint density at radius 2 is 2.07 bits per heavy atom.